The molecular formula is C16H28N2O. The summed E-state index contributed by atoms with van der Waals surface area (Å²) in [5.41, 5.74) is 7.33. The van der Waals surface area contributed by atoms with Gasteiger partial charge in [0.25, 0.3) is 0 Å². The molecule has 2 unspecified atom stereocenters. The lowest BCUT2D eigenvalue weighted by molar-refractivity contribution is 0.162. The molecule has 0 amide bonds. The Balaban J connectivity index is 2.47. The van der Waals surface area contributed by atoms with Gasteiger partial charge in [0, 0.05) is 32.8 Å². The first-order valence-electron chi connectivity index (χ1n) is 7.13. The van der Waals surface area contributed by atoms with E-state index in [2.05, 4.69) is 49.2 Å². The zero-order chi connectivity index (χ0) is 14.1. The third-order valence-corrected chi connectivity index (χ3v) is 3.75. The van der Waals surface area contributed by atoms with Crippen LogP contribution >= 0.6 is 0 Å². The van der Waals surface area contributed by atoms with Gasteiger partial charge in [-0.2, -0.15) is 0 Å². The maximum absolute atomic E-state index is 5.93. The predicted octanol–water partition coefficient (Wildman–Crippen LogP) is 2.48. The minimum absolute atomic E-state index is 0.437. The molecule has 1 aromatic rings. The standard InChI is InChI=1S/C16H28N2O/c1-14(15-8-5-4-6-9-15)12-16(13-17)18(2)10-7-11-19-3/h4-6,8-9,14,16H,7,10-13,17H2,1-3H3. The van der Waals surface area contributed by atoms with Crippen molar-refractivity contribution in [3.05, 3.63) is 35.9 Å². The second-order valence-electron chi connectivity index (χ2n) is 5.26. The number of hydrogen-bond acceptors (Lipinski definition) is 3. The summed E-state index contributed by atoms with van der Waals surface area (Å²) in [5.74, 6) is 0.541. The summed E-state index contributed by atoms with van der Waals surface area (Å²) in [6.45, 7) is 4.84. The number of methoxy groups -OCH3 is 1. The monoisotopic (exact) mass is 264 g/mol. The Morgan fingerprint density at radius 3 is 2.53 bits per heavy atom. The highest BCUT2D eigenvalue weighted by atomic mass is 16.5. The van der Waals surface area contributed by atoms with Crippen LogP contribution in [0.5, 0.6) is 0 Å². The minimum Gasteiger partial charge on any atom is -0.385 e. The molecule has 1 aromatic carbocycles. The summed E-state index contributed by atoms with van der Waals surface area (Å²) >= 11 is 0. The number of benzene rings is 1. The van der Waals surface area contributed by atoms with E-state index in [1.165, 1.54) is 5.56 Å². The highest BCUT2D eigenvalue weighted by molar-refractivity contribution is 5.18. The van der Waals surface area contributed by atoms with Crippen molar-refractivity contribution in [2.45, 2.75) is 31.7 Å². The maximum atomic E-state index is 5.93. The van der Waals surface area contributed by atoms with E-state index in [1.54, 1.807) is 7.11 Å². The van der Waals surface area contributed by atoms with Crippen molar-refractivity contribution in [3.8, 4) is 0 Å². The normalized spacial score (nSPS) is 14.6. The zero-order valence-electron chi connectivity index (χ0n) is 12.5. The first-order valence-corrected chi connectivity index (χ1v) is 7.13. The number of nitrogens with zero attached hydrogens (tertiary/aromatic N) is 1. The van der Waals surface area contributed by atoms with Gasteiger partial charge in [-0.25, -0.2) is 0 Å². The van der Waals surface area contributed by atoms with Crippen molar-refractivity contribution in [2.75, 3.05) is 33.9 Å². The zero-order valence-corrected chi connectivity index (χ0v) is 12.5. The first kappa shape index (κ1) is 16.2. The van der Waals surface area contributed by atoms with E-state index >= 15 is 0 Å². The van der Waals surface area contributed by atoms with E-state index in [1.807, 2.05) is 0 Å². The average molecular weight is 264 g/mol. The quantitative estimate of drug-likeness (QED) is 0.696. The van der Waals surface area contributed by atoms with Gasteiger partial charge >= 0.3 is 0 Å². The Kier molecular flexibility index (Phi) is 7.72. The molecule has 0 saturated carbocycles. The van der Waals surface area contributed by atoms with Crippen molar-refractivity contribution in [2.24, 2.45) is 5.73 Å². The molecule has 3 nitrogen and oxygen atoms in total. The van der Waals surface area contributed by atoms with Crippen LogP contribution in [0.4, 0.5) is 0 Å². The molecule has 0 saturated heterocycles. The van der Waals surface area contributed by atoms with Gasteiger partial charge in [-0.1, -0.05) is 37.3 Å². The average Bonchev–Trinajstić information content (AvgIpc) is 2.45. The van der Waals surface area contributed by atoms with Crippen LogP contribution in [-0.2, 0) is 4.74 Å². The van der Waals surface area contributed by atoms with Gasteiger partial charge in [-0.15, -0.1) is 0 Å². The molecule has 0 radical (unpaired) electrons. The van der Waals surface area contributed by atoms with E-state index in [0.29, 0.717) is 18.5 Å². The lowest BCUT2D eigenvalue weighted by atomic mass is 9.93. The smallest absolute Gasteiger partial charge is 0.0474 e. The Morgan fingerprint density at radius 1 is 1.26 bits per heavy atom. The van der Waals surface area contributed by atoms with Crippen LogP contribution in [0.25, 0.3) is 0 Å². The molecule has 0 aromatic heterocycles. The van der Waals surface area contributed by atoms with Crippen LogP contribution in [0.2, 0.25) is 0 Å². The van der Waals surface area contributed by atoms with Crippen molar-refractivity contribution in [3.63, 3.8) is 0 Å². The summed E-state index contributed by atoms with van der Waals surface area (Å²) in [5, 5.41) is 0. The van der Waals surface area contributed by atoms with Gasteiger partial charge < -0.3 is 15.4 Å². The van der Waals surface area contributed by atoms with Gasteiger partial charge in [0.1, 0.15) is 0 Å². The summed E-state index contributed by atoms with van der Waals surface area (Å²) in [4.78, 5) is 2.36. The first-order chi connectivity index (χ1) is 9.19. The Bertz CT molecular complexity index is 329. The third-order valence-electron chi connectivity index (χ3n) is 3.75. The topological polar surface area (TPSA) is 38.5 Å². The SMILES string of the molecule is COCCCN(C)C(CN)CC(C)c1ccccc1. The molecule has 0 fully saturated rings. The lowest BCUT2D eigenvalue weighted by Crippen LogP contribution is -2.39. The van der Waals surface area contributed by atoms with E-state index in [9.17, 15) is 0 Å². The van der Waals surface area contributed by atoms with Crippen LogP contribution < -0.4 is 5.73 Å². The molecule has 3 heteroatoms. The summed E-state index contributed by atoms with van der Waals surface area (Å²) in [6.07, 6.45) is 2.16. The van der Waals surface area contributed by atoms with Gasteiger partial charge in [-0.3, -0.25) is 0 Å². The summed E-state index contributed by atoms with van der Waals surface area (Å²) in [7, 11) is 3.91. The Hall–Kier alpha value is -0.900. The van der Waals surface area contributed by atoms with Gasteiger partial charge in [-0.05, 0) is 31.4 Å². The molecule has 0 heterocycles. The molecule has 108 valence electrons. The molecule has 0 aliphatic rings. The van der Waals surface area contributed by atoms with Gasteiger partial charge in [0.2, 0.25) is 0 Å². The number of nitrogens with two attached hydrogens (primary N) is 1. The van der Waals surface area contributed by atoms with Crippen molar-refractivity contribution < 1.29 is 4.74 Å². The molecule has 2 atom stereocenters. The highest BCUT2D eigenvalue weighted by Gasteiger charge is 2.17. The van der Waals surface area contributed by atoms with Crippen LogP contribution in [-0.4, -0.2) is 44.8 Å². The van der Waals surface area contributed by atoms with E-state index in [4.69, 9.17) is 10.5 Å². The van der Waals surface area contributed by atoms with E-state index < -0.39 is 0 Å². The summed E-state index contributed by atoms with van der Waals surface area (Å²) in [6, 6.07) is 11.1. The van der Waals surface area contributed by atoms with Gasteiger partial charge in [0.15, 0.2) is 0 Å². The Morgan fingerprint density at radius 2 is 1.95 bits per heavy atom. The molecule has 0 aliphatic carbocycles. The van der Waals surface area contributed by atoms with E-state index in [0.717, 1.165) is 26.0 Å². The number of ether oxygens (including phenoxy) is 1. The third kappa shape index (κ3) is 5.72. The number of hydrogen-bond donors (Lipinski definition) is 1. The second-order valence-corrected chi connectivity index (χ2v) is 5.26. The van der Waals surface area contributed by atoms with Crippen LogP contribution in [0.15, 0.2) is 30.3 Å². The molecule has 0 aliphatic heterocycles. The molecule has 2 N–H and O–H groups in total. The minimum atomic E-state index is 0.437. The highest BCUT2D eigenvalue weighted by Crippen LogP contribution is 2.21. The maximum Gasteiger partial charge on any atom is 0.0474 e. The van der Waals surface area contributed by atoms with Crippen molar-refractivity contribution in [1.82, 2.24) is 4.90 Å². The van der Waals surface area contributed by atoms with Gasteiger partial charge in [0.05, 0.1) is 0 Å². The fraction of sp³-hybridized carbons (Fsp3) is 0.625. The molecule has 0 bridgehead atoms. The molecule has 1 rings (SSSR count). The molecular weight excluding hydrogens is 236 g/mol. The predicted molar refractivity (Wildman–Crippen MR) is 81.4 cm³/mol. The van der Waals surface area contributed by atoms with Crippen molar-refractivity contribution in [1.29, 1.82) is 0 Å². The number of rotatable bonds is 9. The molecule has 0 spiro atoms. The molecule has 19 heavy (non-hydrogen) atoms. The van der Waals surface area contributed by atoms with E-state index in [-0.39, 0.29) is 0 Å². The van der Waals surface area contributed by atoms with Crippen molar-refractivity contribution >= 4 is 0 Å². The Labute approximate surface area is 117 Å². The number of likely N-dealkylation sites (N-methyl/N-ethyl adjacent to an activating group) is 1. The fourth-order valence-corrected chi connectivity index (χ4v) is 2.42. The fourth-order valence-electron chi connectivity index (χ4n) is 2.42. The summed E-state index contributed by atoms with van der Waals surface area (Å²) < 4.78 is 5.10. The van der Waals surface area contributed by atoms with Crippen LogP contribution in [0, 0.1) is 0 Å². The second kappa shape index (κ2) is 9.08. The van der Waals surface area contributed by atoms with Crippen LogP contribution in [0.1, 0.15) is 31.2 Å². The largest absolute Gasteiger partial charge is 0.385 e. The van der Waals surface area contributed by atoms with Crippen LogP contribution in [0.3, 0.4) is 0 Å². The lowest BCUT2D eigenvalue weighted by Gasteiger charge is -2.29.